The molecule has 0 atom stereocenters. The van der Waals surface area contributed by atoms with Crippen LogP contribution in [0.15, 0.2) is 23.2 Å². The minimum atomic E-state index is -4.49. The van der Waals surface area contributed by atoms with E-state index in [1.807, 2.05) is 0 Å². The molecule has 3 nitrogen and oxygen atoms in total. The van der Waals surface area contributed by atoms with Gasteiger partial charge < -0.3 is 10.6 Å². The maximum Gasteiger partial charge on any atom is 0.416 e. The van der Waals surface area contributed by atoms with Crippen LogP contribution in [-0.4, -0.2) is 19.0 Å². The Morgan fingerprint density at radius 3 is 2.65 bits per heavy atom. The highest BCUT2D eigenvalue weighted by Gasteiger charge is 2.31. The van der Waals surface area contributed by atoms with Crippen LogP contribution in [0.3, 0.4) is 0 Å². The van der Waals surface area contributed by atoms with Crippen molar-refractivity contribution in [1.29, 1.82) is 0 Å². The summed E-state index contributed by atoms with van der Waals surface area (Å²) in [6, 6.07) is 2.20. The molecule has 0 aromatic heterocycles. The predicted molar refractivity (Wildman–Crippen MR) is 55.3 cm³/mol. The van der Waals surface area contributed by atoms with E-state index in [9.17, 15) is 17.6 Å². The highest BCUT2D eigenvalue weighted by molar-refractivity contribution is 5.94. The maximum absolute atomic E-state index is 13.3. The number of nitrogens with zero attached hydrogens (tertiary/aromatic N) is 1. The topological polar surface area (TPSA) is 36.4 Å². The van der Waals surface area contributed by atoms with Gasteiger partial charge in [-0.1, -0.05) is 0 Å². The van der Waals surface area contributed by atoms with E-state index in [4.69, 9.17) is 0 Å². The molecule has 0 aliphatic carbocycles. The molecule has 0 saturated heterocycles. The Kier molecular flexibility index (Phi) is 2.91. The van der Waals surface area contributed by atoms with E-state index in [1.165, 1.54) is 0 Å². The number of hydrogen-bond acceptors (Lipinski definition) is 3. The fourth-order valence-electron chi connectivity index (χ4n) is 1.41. The normalized spacial score (nSPS) is 15.4. The van der Waals surface area contributed by atoms with E-state index in [0.717, 1.165) is 12.1 Å². The van der Waals surface area contributed by atoms with Crippen molar-refractivity contribution in [2.75, 3.05) is 18.4 Å². The third kappa shape index (κ3) is 2.66. The lowest BCUT2D eigenvalue weighted by atomic mass is 10.2. The van der Waals surface area contributed by atoms with Gasteiger partial charge in [0.05, 0.1) is 17.8 Å². The molecule has 0 amide bonds. The van der Waals surface area contributed by atoms with Crippen LogP contribution in [0.5, 0.6) is 0 Å². The lowest BCUT2D eigenvalue weighted by Crippen LogP contribution is -2.26. The molecule has 1 aromatic carbocycles. The van der Waals surface area contributed by atoms with E-state index >= 15 is 0 Å². The Morgan fingerprint density at radius 1 is 1.29 bits per heavy atom. The molecule has 2 N–H and O–H groups in total. The first-order valence-electron chi connectivity index (χ1n) is 4.89. The van der Waals surface area contributed by atoms with Gasteiger partial charge in [0.25, 0.3) is 0 Å². The quantitative estimate of drug-likeness (QED) is 0.746. The zero-order chi connectivity index (χ0) is 12.5. The van der Waals surface area contributed by atoms with Crippen molar-refractivity contribution in [2.24, 2.45) is 4.99 Å². The van der Waals surface area contributed by atoms with Crippen LogP contribution >= 0.6 is 0 Å². The third-order valence-electron chi connectivity index (χ3n) is 2.22. The van der Waals surface area contributed by atoms with Gasteiger partial charge in [-0.3, -0.25) is 4.99 Å². The van der Waals surface area contributed by atoms with Crippen LogP contribution in [-0.2, 0) is 6.18 Å². The molecule has 92 valence electrons. The molecule has 0 radical (unpaired) electrons. The van der Waals surface area contributed by atoms with Crippen molar-refractivity contribution in [2.45, 2.75) is 6.18 Å². The van der Waals surface area contributed by atoms with Crippen molar-refractivity contribution in [3.05, 3.63) is 29.6 Å². The Bertz CT molecular complexity index is 453. The van der Waals surface area contributed by atoms with Crippen LogP contribution < -0.4 is 10.6 Å². The maximum atomic E-state index is 13.3. The Balaban J connectivity index is 2.26. The molecule has 0 fully saturated rings. The Hall–Kier alpha value is -1.79. The highest BCUT2D eigenvalue weighted by atomic mass is 19.4. The number of guanidine groups is 1. The lowest BCUT2D eigenvalue weighted by molar-refractivity contribution is -0.137. The predicted octanol–water partition coefficient (Wildman–Crippen LogP) is 2.22. The molecule has 1 heterocycles. The summed E-state index contributed by atoms with van der Waals surface area (Å²) in [6.07, 6.45) is -4.49. The fourth-order valence-corrected chi connectivity index (χ4v) is 1.41. The van der Waals surface area contributed by atoms with Crippen LogP contribution in [0.4, 0.5) is 23.2 Å². The molecule has 2 rings (SSSR count). The van der Waals surface area contributed by atoms with E-state index in [-0.39, 0.29) is 11.6 Å². The van der Waals surface area contributed by atoms with Gasteiger partial charge in [0.15, 0.2) is 5.96 Å². The lowest BCUT2D eigenvalue weighted by Gasteiger charge is -2.11. The molecule has 17 heavy (non-hydrogen) atoms. The fraction of sp³-hybridized carbons (Fsp3) is 0.300. The average molecular weight is 247 g/mol. The smallest absolute Gasteiger partial charge is 0.354 e. The molecule has 0 bridgehead atoms. The summed E-state index contributed by atoms with van der Waals surface area (Å²) in [4.78, 5) is 3.91. The van der Waals surface area contributed by atoms with Gasteiger partial charge >= 0.3 is 6.18 Å². The SMILES string of the molecule is Fc1ccc(C(F)(F)F)cc1NC1=NCCN1. The second-order valence-electron chi connectivity index (χ2n) is 3.47. The van der Waals surface area contributed by atoms with Crippen molar-refractivity contribution in [3.63, 3.8) is 0 Å². The van der Waals surface area contributed by atoms with Crippen LogP contribution in [0.25, 0.3) is 0 Å². The summed E-state index contributed by atoms with van der Waals surface area (Å²) in [7, 11) is 0. The molecule has 1 aliphatic heterocycles. The van der Waals surface area contributed by atoms with E-state index in [1.54, 1.807) is 0 Å². The monoisotopic (exact) mass is 247 g/mol. The van der Waals surface area contributed by atoms with E-state index < -0.39 is 17.6 Å². The Labute approximate surface area is 94.5 Å². The van der Waals surface area contributed by atoms with Gasteiger partial charge in [0.1, 0.15) is 5.82 Å². The van der Waals surface area contributed by atoms with E-state index in [2.05, 4.69) is 15.6 Å². The number of halogens is 4. The second-order valence-corrected chi connectivity index (χ2v) is 3.47. The molecule has 0 saturated carbocycles. The largest absolute Gasteiger partial charge is 0.416 e. The number of rotatable bonds is 1. The van der Waals surface area contributed by atoms with E-state index in [0.29, 0.717) is 19.2 Å². The molecular formula is C10H9F4N3. The van der Waals surface area contributed by atoms with Gasteiger partial charge in [0.2, 0.25) is 0 Å². The van der Waals surface area contributed by atoms with Crippen molar-refractivity contribution in [3.8, 4) is 0 Å². The van der Waals surface area contributed by atoms with Crippen LogP contribution in [0.2, 0.25) is 0 Å². The summed E-state index contributed by atoms with van der Waals surface area (Å²) in [5.41, 5.74) is -1.15. The first kappa shape index (κ1) is 11.7. The Morgan fingerprint density at radius 2 is 2.06 bits per heavy atom. The zero-order valence-electron chi connectivity index (χ0n) is 8.61. The molecule has 1 aliphatic rings. The summed E-state index contributed by atoms with van der Waals surface area (Å²) < 4.78 is 50.5. The number of nitrogens with one attached hydrogen (secondary N) is 2. The standard InChI is InChI=1S/C10H9F4N3/c11-7-2-1-6(10(12,13)14)5-8(7)17-9-15-3-4-16-9/h1-2,5H,3-4H2,(H2,15,16,17). The van der Waals surface area contributed by atoms with Gasteiger partial charge in [0, 0.05) is 6.54 Å². The van der Waals surface area contributed by atoms with Gasteiger partial charge in [-0.15, -0.1) is 0 Å². The first-order chi connectivity index (χ1) is 7.97. The summed E-state index contributed by atoms with van der Waals surface area (Å²) in [6.45, 7) is 1.10. The minimum Gasteiger partial charge on any atom is -0.354 e. The molecule has 7 heteroatoms. The van der Waals surface area contributed by atoms with Crippen LogP contribution in [0, 0.1) is 5.82 Å². The second kappa shape index (κ2) is 4.23. The molecule has 0 unspecified atom stereocenters. The molecular weight excluding hydrogens is 238 g/mol. The highest BCUT2D eigenvalue weighted by Crippen LogP contribution is 2.31. The summed E-state index contributed by atoms with van der Waals surface area (Å²) in [5, 5.41) is 5.27. The third-order valence-corrected chi connectivity index (χ3v) is 2.22. The zero-order valence-corrected chi connectivity index (χ0v) is 8.61. The number of benzene rings is 1. The number of alkyl halides is 3. The van der Waals surface area contributed by atoms with Gasteiger partial charge in [-0.2, -0.15) is 13.2 Å². The minimum absolute atomic E-state index is 0.243. The first-order valence-corrected chi connectivity index (χ1v) is 4.89. The van der Waals surface area contributed by atoms with Gasteiger partial charge in [-0.25, -0.2) is 4.39 Å². The summed E-state index contributed by atoms with van der Waals surface area (Å²) >= 11 is 0. The van der Waals surface area contributed by atoms with Gasteiger partial charge in [-0.05, 0) is 18.2 Å². The number of anilines is 1. The number of hydrogen-bond donors (Lipinski definition) is 2. The molecule has 1 aromatic rings. The van der Waals surface area contributed by atoms with Crippen LogP contribution in [0.1, 0.15) is 5.56 Å². The average Bonchev–Trinajstić information content (AvgIpc) is 2.72. The summed E-state index contributed by atoms with van der Waals surface area (Å²) in [5.74, 6) is -0.474. The van der Waals surface area contributed by atoms with Crippen molar-refractivity contribution in [1.82, 2.24) is 5.32 Å². The number of aliphatic imine (C=N–C) groups is 1. The molecule has 0 spiro atoms. The van der Waals surface area contributed by atoms with Crippen molar-refractivity contribution < 1.29 is 17.6 Å². The van der Waals surface area contributed by atoms with Crippen molar-refractivity contribution >= 4 is 11.6 Å².